The highest BCUT2D eigenvalue weighted by Gasteiger charge is 2.02. The minimum absolute atomic E-state index is 0.145. The smallest absolute Gasteiger partial charge is 0.267 e. The molecule has 23 heavy (non-hydrogen) atoms. The number of hydroxylamine groups is 1. The highest BCUT2D eigenvalue weighted by molar-refractivity contribution is 6.31. The highest BCUT2D eigenvalue weighted by atomic mass is 35.5. The molecule has 2 aromatic rings. The maximum absolute atomic E-state index is 12.1. The number of hydrogen-bond acceptors (Lipinski definition) is 3. The zero-order valence-corrected chi connectivity index (χ0v) is 12.8. The summed E-state index contributed by atoms with van der Waals surface area (Å²) in [6.07, 6.45) is 5.92. The van der Waals surface area contributed by atoms with Gasteiger partial charge in [-0.3, -0.25) is 14.8 Å². The molecule has 0 aliphatic rings. The third-order valence-corrected chi connectivity index (χ3v) is 3.22. The van der Waals surface area contributed by atoms with Crippen molar-refractivity contribution < 1.29 is 14.8 Å². The molecule has 1 amide bonds. The lowest BCUT2D eigenvalue weighted by Gasteiger charge is -1.98. The van der Waals surface area contributed by atoms with E-state index >= 15 is 0 Å². The number of halogens is 1. The van der Waals surface area contributed by atoms with Crippen molar-refractivity contribution in [3.05, 3.63) is 82.4 Å². The first-order valence-electron chi connectivity index (χ1n) is 6.78. The van der Waals surface area contributed by atoms with Crippen LogP contribution in [0.4, 0.5) is 0 Å². The van der Waals surface area contributed by atoms with Gasteiger partial charge < -0.3 is 0 Å². The SMILES string of the molecule is O=C(C=Cc1cccc(C=CC(=O)c2cccc(Cl)c2)c1)NO. The van der Waals surface area contributed by atoms with Crippen LogP contribution in [0.5, 0.6) is 0 Å². The number of hydrogen-bond donors (Lipinski definition) is 2. The second-order valence-corrected chi connectivity index (χ2v) is 5.12. The van der Waals surface area contributed by atoms with Crippen LogP contribution < -0.4 is 5.48 Å². The number of amides is 1. The molecule has 0 heterocycles. The summed E-state index contributed by atoms with van der Waals surface area (Å²) < 4.78 is 0. The van der Waals surface area contributed by atoms with Crippen molar-refractivity contribution in [3.63, 3.8) is 0 Å². The van der Waals surface area contributed by atoms with Crippen LogP contribution in [0.2, 0.25) is 5.02 Å². The Hall–Kier alpha value is -2.69. The van der Waals surface area contributed by atoms with Crippen LogP contribution in [0.3, 0.4) is 0 Å². The van der Waals surface area contributed by atoms with E-state index in [-0.39, 0.29) is 5.78 Å². The lowest BCUT2D eigenvalue weighted by Crippen LogP contribution is -2.14. The second-order valence-electron chi connectivity index (χ2n) is 4.69. The second kappa shape index (κ2) is 8.08. The molecule has 0 aliphatic carbocycles. The minimum atomic E-state index is -0.609. The fraction of sp³-hybridized carbons (Fsp3) is 0. The molecule has 0 radical (unpaired) electrons. The van der Waals surface area contributed by atoms with E-state index in [0.717, 1.165) is 11.1 Å². The van der Waals surface area contributed by atoms with Crippen molar-refractivity contribution in [1.29, 1.82) is 0 Å². The van der Waals surface area contributed by atoms with Gasteiger partial charge in [0.25, 0.3) is 5.91 Å². The molecule has 5 heteroatoms. The Morgan fingerprint density at radius 3 is 2.26 bits per heavy atom. The first-order chi connectivity index (χ1) is 11.1. The zero-order chi connectivity index (χ0) is 16.7. The van der Waals surface area contributed by atoms with E-state index in [1.165, 1.54) is 17.6 Å². The summed E-state index contributed by atoms with van der Waals surface area (Å²) in [5.41, 5.74) is 3.62. The normalized spacial score (nSPS) is 11.0. The summed E-state index contributed by atoms with van der Waals surface area (Å²) in [5, 5.41) is 8.94. The quantitative estimate of drug-likeness (QED) is 0.380. The van der Waals surface area contributed by atoms with Gasteiger partial charge in [0.05, 0.1) is 0 Å². The molecule has 0 fully saturated rings. The maximum atomic E-state index is 12.1. The van der Waals surface area contributed by atoms with Gasteiger partial charge in [0.2, 0.25) is 0 Å². The number of ketones is 1. The number of carbonyl (C=O) groups is 2. The summed E-state index contributed by atoms with van der Waals surface area (Å²) in [7, 11) is 0. The number of rotatable bonds is 5. The van der Waals surface area contributed by atoms with Crippen LogP contribution >= 0.6 is 11.6 Å². The Morgan fingerprint density at radius 1 is 0.957 bits per heavy atom. The third kappa shape index (κ3) is 5.21. The van der Waals surface area contributed by atoms with E-state index in [0.29, 0.717) is 10.6 Å². The van der Waals surface area contributed by atoms with Crippen molar-refractivity contribution in [2.75, 3.05) is 0 Å². The Balaban J connectivity index is 2.12. The number of benzene rings is 2. The van der Waals surface area contributed by atoms with Crippen LogP contribution in [0.15, 0.2) is 60.7 Å². The van der Waals surface area contributed by atoms with Crippen molar-refractivity contribution in [2.24, 2.45) is 0 Å². The zero-order valence-electron chi connectivity index (χ0n) is 12.1. The monoisotopic (exact) mass is 327 g/mol. The van der Waals surface area contributed by atoms with Crippen LogP contribution in [-0.4, -0.2) is 16.9 Å². The fourth-order valence-electron chi connectivity index (χ4n) is 1.89. The average molecular weight is 328 g/mol. The molecule has 2 N–H and O–H groups in total. The molecule has 0 saturated heterocycles. The molecule has 2 aromatic carbocycles. The Morgan fingerprint density at radius 2 is 1.61 bits per heavy atom. The van der Waals surface area contributed by atoms with E-state index in [4.69, 9.17) is 16.8 Å². The van der Waals surface area contributed by atoms with Gasteiger partial charge in [0, 0.05) is 16.7 Å². The van der Waals surface area contributed by atoms with Gasteiger partial charge in [-0.15, -0.1) is 0 Å². The summed E-state index contributed by atoms with van der Waals surface area (Å²) in [4.78, 5) is 23.0. The van der Waals surface area contributed by atoms with Gasteiger partial charge in [-0.1, -0.05) is 48.0 Å². The van der Waals surface area contributed by atoms with E-state index < -0.39 is 5.91 Å². The predicted molar refractivity (Wildman–Crippen MR) is 90.2 cm³/mol. The topological polar surface area (TPSA) is 66.4 Å². The molecule has 0 unspecified atom stereocenters. The van der Waals surface area contributed by atoms with E-state index in [1.807, 2.05) is 12.1 Å². The molecule has 0 bridgehead atoms. The van der Waals surface area contributed by atoms with Crippen LogP contribution in [0, 0.1) is 0 Å². The molecular formula is C18H14ClNO3. The summed E-state index contributed by atoms with van der Waals surface area (Å²) in [5.74, 6) is -0.754. The van der Waals surface area contributed by atoms with E-state index in [1.54, 1.807) is 48.6 Å². The first kappa shape index (κ1) is 16.7. The standard InChI is InChI=1S/C18H14ClNO3/c19-16-6-2-5-15(12-16)17(21)9-7-13-3-1-4-14(11-13)8-10-18(22)20-23/h1-12,23H,(H,20,22). The number of allylic oxidation sites excluding steroid dienone is 1. The summed E-state index contributed by atoms with van der Waals surface area (Å²) in [6.45, 7) is 0. The van der Waals surface area contributed by atoms with Gasteiger partial charge in [-0.2, -0.15) is 0 Å². The van der Waals surface area contributed by atoms with E-state index in [2.05, 4.69) is 0 Å². The third-order valence-electron chi connectivity index (χ3n) is 2.98. The fourth-order valence-corrected chi connectivity index (χ4v) is 2.08. The van der Waals surface area contributed by atoms with E-state index in [9.17, 15) is 9.59 Å². The van der Waals surface area contributed by atoms with Gasteiger partial charge in [-0.25, -0.2) is 5.48 Å². The van der Waals surface area contributed by atoms with Gasteiger partial charge in [0.15, 0.2) is 5.78 Å². The first-order valence-corrected chi connectivity index (χ1v) is 7.16. The molecule has 0 atom stereocenters. The van der Waals surface area contributed by atoms with Crippen LogP contribution in [0.25, 0.3) is 12.2 Å². The van der Waals surface area contributed by atoms with Crippen molar-refractivity contribution in [1.82, 2.24) is 5.48 Å². The highest BCUT2D eigenvalue weighted by Crippen LogP contribution is 2.13. The van der Waals surface area contributed by atoms with Gasteiger partial charge in [0.1, 0.15) is 0 Å². The summed E-state index contributed by atoms with van der Waals surface area (Å²) >= 11 is 5.86. The lowest BCUT2D eigenvalue weighted by molar-refractivity contribution is -0.124. The van der Waals surface area contributed by atoms with Crippen molar-refractivity contribution in [2.45, 2.75) is 0 Å². The average Bonchev–Trinajstić information content (AvgIpc) is 2.58. The molecule has 0 aromatic heterocycles. The molecule has 2 rings (SSSR count). The van der Waals surface area contributed by atoms with Crippen molar-refractivity contribution in [3.8, 4) is 0 Å². The van der Waals surface area contributed by atoms with Crippen molar-refractivity contribution >= 4 is 35.4 Å². The Kier molecular flexibility index (Phi) is 5.86. The predicted octanol–water partition coefficient (Wildman–Crippen LogP) is 3.75. The van der Waals surface area contributed by atoms with Crippen LogP contribution in [0.1, 0.15) is 21.5 Å². The van der Waals surface area contributed by atoms with Gasteiger partial charge in [-0.05, 0) is 41.5 Å². The molecule has 4 nitrogen and oxygen atoms in total. The number of nitrogens with one attached hydrogen (secondary N) is 1. The van der Waals surface area contributed by atoms with Gasteiger partial charge >= 0.3 is 0 Å². The Labute approximate surface area is 138 Å². The molecule has 0 spiro atoms. The Bertz CT molecular complexity index is 781. The summed E-state index contributed by atoms with van der Waals surface area (Å²) in [6, 6.07) is 14.0. The largest absolute Gasteiger partial charge is 0.289 e. The minimum Gasteiger partial charge on any atom is -0.289 e. The maximum Gasteiger partial charge on any atom is 0.267 e. The molecular weight excluding hydrogens is 314 g/mol. The molecule has 116 valence electrons. The molecule has 0 aliphatic heterocycles. The van der Waals surface area contributed by atoms with Crippen LogP contribution in [-0.2, 0) is 4.79 Å². The molecule has 0 saturated carbocycles. The number of carbonyl (C=O) groups excluding carboxylic acids is 2. The lowest BCUT2D eigenvalue weighted by atomic mass is 10.1.